The van der Waals surface area contributed by atoms with Gasteiger partial charge in [0.2, 0.25) is 0 Å². The van der Waals surface area contributed by atoms with E-state index >= 15 is 0 Å². The molecule has 1 aromatic rings. The van der Waals surface area contributed by atoms with Crippen LogP contribution in [0.1, 0.15) is 32.3 Å². The summed E-state index contributed by atoms with van der Waals surface area (Å²) in [5, 5.41) is 0. The molecule has 0 aliphatic carbocycles. The minimum absolute atomic E-state index is 0.0529. The van der Waals surface area contributed by atoms with Crippen molar-refractivity contribution >= 4 is 28.6 Å². The molecular weight excluding hydrogens is 459 g/mol. The van der Waals surface area contributed by atoms with Gasteiger partial charge in [0.25, 0.3) is 0 Å². The van der Waals surface area contributed by atoms with Gasteiger partial charge in [-0.2, -0.15) is 0 Å². The fraction of sp³-hybridized carbons (Fsp3) is 0.476. The van der Waals surface area contributed by atoms with Crippen LogP contribution in [0.15, 0.2) is 46.1 Å². The second kappa shape index (κ2) is 13.7. The molecule has 1 aromatic carbocycles. The summed E-state index contributed by atoms with van der Waals surface area (Å²) in [5.74, 6) is 0.539. The van der Waals surface area contributed by atoms with Crippen LogP contribution in [0.4, 0.5) is 0 Å². The average molecular weight is 488 g/mol. The van der Waals surface area contributed by atoms with Gasteiger partial charge in [0, 0.05) is 19.1 Å². The Balaban J connectivity index is 2.61. The molecule has 0 N–H and O–H groups in total. The summed E-state index contributed by atoms with van der Waals surface area (Å²) in [5.41, 5.74) is 1.67. The summed E-state index contributed by atoms with van der Waals surface area (Å²) in [6.07, 6.45) is 5.06. The van der Waals surface area contributed by atoms with E-state index in [0.29, 0.717) is 31.6 Å². The molecule has 0 heterocycles. The Morgan fingerprint density at radius 3 is 2.48 bits per heavy atom. The maximum Gasteiger partial charge on any atom is 0.333 e. The molecule has 0 bridgehead atoms. The molecule has 0 spiro atoms. The predicted octanol–water partition coefficient (Wildman–Crippen LogP) is 4.83. The molecule has 0 radical (unpaired) electrons. The molecule has 27 heavy (non-hydrogen) atoms. The zero-order chi connectivity index (χ0) is 20.1. The van der Waals surface area contributed by atoms with Crippen molar-refractivity contribution in [2.75, 3.05) is 20.8 Å². The largest absolute Gasteiger partial charge is 0.497 e. The van der Waals surface area contributed by atoms with Gasteiger partial charge in [-0.05, 0) is 48.1 Å². The number of benzene rings is 1. The lowest BCUT2D eigenvalue weighted by Crippen LogP contribution is -2.21. The maximum atomic E-state index is 11.7. The SMILES string of the molecule is CCOC(=O)/C(C)=C\C[C@@H](C[C@@H](/C=C/I)OCc1ccc(OC)cc1)OC. The Labute approximate surface area is 175 Å². The van der Waals surface area contributed by atoms with Gasteiger partial charge < -0.3 is 18.9 Å². The lowest BCUT2D eigenvalue weighted by Gasteiger charge is -2.20. The fourth-order valence-corrected chi connectivity index (χ4v) is 2.86. The molecule has 1 rings (SSSR count). The van der Waals surface area contributed by atoms with Gasteiger partial charge in [0.15, 0.2) is 0 Å². The van der Waals surface area contributed by atoms with E-state index in [0.717, 1.165) is 11.3 Å². The van der Waals surface area contributed by atoms with Crippen LogP contribution < -0.4 is 4.74 Å². The van der Waals surface area contributed by atoms with Crippen molar-refractivity contribution in [2.24, 2.45) is 0 Å². The molecule has 0 aliphatic heterocycles. The molecular formula is C21H29IO5. The summed E-state index contributed by atoms with van der Waals surface area (Å²) in [6, 6.07) is 7.82. The third-order valence-electron chi connectivity index (χ3n) is 4.02. The number of carbonyl (C=O) groups excluding carboxylic acids is 1. The minimum Gasteiger partial charge on any atom is -0.497 e. The monoisotopic (exact) mass is 488 g/mol. The van der Waals surface area contributed by atoms with Gasteiger partial charge in [-0.1, -0.05) is 40.8 Å². The van der Waals surface area contributed by atoms with Gasteiger partial charge in [0.05, 0.1) is 32.5 Å². The van der Waals surface area contributed by atoms with Gasteiger partial charge >= 0.3 is 5.97 Å². The van der Waals surface area contributed by atoms with Crippen LogP contribution in [0.2, 0.25) is 0 Å². The van der Waals surface area contributed by atoms with Crippen molar-refractivity contribution in [3.8, 4) is 5.75 Å². The molecule has 6 heteroatoms. The fourth-order valence-electron chi connectivity index (χ4n) is 2.39. The predicted molar refractivity (Wildman–Crippen MR) is 115 cm³/mol. The van der Waals surface area contributed by atoms with Crippen LogP contribution in [-0.2, 0) is 25.6 Å². The highest BCUT2D eigenvalue weighted by atomic mass is 127. The summed E-state index contributed by atoms with van der Waals surface area (Å²) >= 11 is 2.18. The third kappa shape index (κ3) is 9.39. The Hall–Kier alpha value is -1.38. The van der Waals surface area contributed by atoms with E-state index in [9.17, 15) is 4.79 Å². The van der Waals surface area contributed by atoms with Crippen molar-refractivity contribution in [3.05, 3.63) is 51.6 Å². The standard InChI is InChI=1S/C21H29IO5/c1-5-26-21(23)16(2)6-9-19(25-4)14-20(12-13-22)27-15-17-7-10-18(24-3)11-8-17/h6-8,10-13,19-20H,5,9,14-15H2,1-4H3/b13-12+,16-6-/t19-,20+/m0/s1. The molecule has 2 atom stereocenters. The zero-order valence-electron chi connectivity index (χ0n) is 16.4. The van der Waals surface area contributed by atoms with Crippen molar-refractivity contribution < 1.29 is 23.7 Å². The van der Waals surface area contributed by atoms with Gasteiger partial charge in [-0.15, -0.1) is 0 Å². The van der Waals surface area contributed by atoms with Crippen molar-refractivity contribution in [1.29, 1.82) is 0 Å². The summed E-state index contributed by atoms with van der Waals surface area (Å²) in [6.45, 7) is 4.43. The number of esters is 1. The first-order chi connectivity index (χ1) is 13.0. The van der Waals surface area contributed by atoms with E-state index in [1.807, 2.05) is 40.5 Å². The first-order valence-corrected chi connectivity index (χ1v) is 10.2. The number of hydrogen-bond acceptors (Lipinski definition) is 5. The molecule has 150 valence electrons. The number of ether oxygens (including phenoxy) is 4. The lowest BCUT2D eigenvalue weighted by atomic mass is 10.1. The summed E-state index contributed by atoms with van der Waals surface area (Å²) < 4.78 is 23.7. The number of hydrogen-bond donors (Lipinski definition) is 0. The Bertz CT molecular complexity index is 610. The van der Waals surface area contributed by atoms with E-state index in [2.05, 4.69) is 22.6 Å². The molecule has 0 aliphatic rings. The Morgan fingerprint density at radius 2 is 1.93 bits per heavy atom. The normalized spacial score (nSPS) is 14.2. The average Bonchev–Trinajstić information content (AvgIpc) is 2.69. The van der Waals surface area contributed by atoms with E-state index < -0.39 is 0 Å². The highest BCUT2D eigenvalue weighted by Gasteiger charge is 2.15. The van der Waals surface area contributed by atoms with Crippen LogP contribution >= 0.6 is 22.6 Å². The van der Waals surface area contributed by atoms with E-state index in [4.69, 9.17) is 18.9 Å². The second-order valence-corrected chi connectivity index (χ2v) is 6.67. The van der Waals surface area contributed by atoms with Crippen molar-refractivity contribution in [1.82, 2.24) is 0 Å². The van der Waals surface area contributed by atoms with Crippen LogP contribution in [0.25, 0.3) is 0 Å². The molecule has 5 nitrogen and oxygen atoms in total. The summed E-state index contributed by atoms with van der Waals surface area (Å²) in [4.78, 5) is 11.7. The van der Waals surface area contributed by atoms with Crippen LogP contribution in [0.5, 0.6) is 5.75 Å². The van der Waals surface area contributed by atoms with Crippen LogP contribution in [-0.4, -0.2) is 39.0 Å². The first-order valence-electron chi connectivity index (χ1n) is 8.92. The Morgan fingerprint density at radius 1 is 1.22 bits per heavy atom. The quantitative estimate of drug-likeness (QED) is 0.240. The topological polar surface area (TPSA) is 54.0 Å². The number of methoxy groups -OCH3 is 2. The zero-order valence-corrected chi connectivity index (χ0v) is 18.6. The van der Waals surface area contributed by atoms with Gasteiger partial charge in [0.1, 0.15) is 5.75 Å². The second-order valence-electron chi connectivity index (χ2n) is 5.95. The van der Waals surface area contributed by atoms with E-state index in [-0.39, 0.29) is 18.2 Å². The molecule has 0 unspecified atom stereocenters. The maximum absolute atomic E-state index is 11.7. The van der Waals surface area contributed by atoms with Crippen LogP contribution in [0, 0.1) is 0 Å². The number of halogens is 1. The van der Waals surface area contributed by atoms with Crippen LogP contribution in [0.3, 0.4) is 0 Å². The van der Waals surface area contributed by atoms with Gasteiger partial charge in [-0.3, -0.25) is 0 Å². The summed E-state index contributed by atoms with van der Waals surface area (Å²) in [7, 11) is 3.32. The Kier molecular flexibility index (Phi) is 12.0. The lowest BCUT2D eigenvalue weighted by molar-refractivity contribution is -0.138. The number of carbonyl (C=O) groups is 1. The van der Waals surface area contributed by atoms with E-state index in [1.54, 1.807) is 28.1 Å². The smallest absolute Gasteiger partial charge is 0.333 e. The molecule has 0 fully saturated rings. The molecule has 0 saturated heterocycles. The number of rotatable bonds is 12. The van der Waals surface area contributed by atoms with Crippen molar-refractivity contribution in [2.45, 2.75) is 45.5 Å². The van der Waals surface area contributed by atoms with Crippen molar-refractivity contribution in [3.63, 3.8) is 0 Å². The van der Waals surface area contributed by atoms with Gasteiger partial charge in [-0.25, -0.2) is 4.79 Å². The highest BCUT2D eigenvalue weighted by molar-refractivity contribution is 14.1. The third-order valence-corrected chi connectivity index (χ3v) is 4.44. The first kappa shape index (κ1) is 23.7. The minimum atomic E-state index is -0.285. The molecule has 0 amide bonds. The highest BCUT2D eigenvalue weighted by Crippen LogP contribution is 2.17. The molecule has 0 aromatic heterocycles. The van der Waals surface area contributed by atoms with E-state index in [1.165, 1.54) is 0 Å². The molecule has 0 saturated carbocycles.